The van der Waals surface area contributed by atoms with Gasteiger partial charge in [-0.1, -0.05) is 6.07 Å². The fraction of sp³-hybridized carbons (Fsp3) is 0.235. The number of ketones is 1. The minimum Gasteiger partial charge on any atom is -0.504 e. The van der Waals surface area contributed by atoms with Crippen molar-refractivity contribution in [3.05, 3.63) is 53.1 Å². The molecule has 1 aliphatic rings. The smallest absolute Gasteiger partial charge is 0.173 e. The highest BCUT2D eigenvalue weighted by Gasteiger charge is 2.31. The highest BCUT2D eigenvalue weighted by molar-refractivity contribution is 6.01. The maximum Gasteiger partial charge on any atom is 0.173 e. The zero-order valence-electron chi connectivity index (χ0n) is 12.3. The summed E-state index contributed by atoms with van der Waals surface area (Å²) in [5.74, 6) is -2.56. The summed E-state index contributed by atoms with van der Waals surface area (Å²) < 4.78 is 37.2. The lowest BCUT2D eigenvalue weighted by molar-refractivity contribution is 0.0823. The van der Waals surface area contributed by atoms with E-state index in [-0.39, 0.29) is 35.9 Å². The topological polar surface area (TPSA) is 55.8 Å². The molecule has 0 saturated heterocycles. The molecule has 0 radical (unpaired) electrons. The standard InChI is InChI=1S/C17H14F2O4/c1-22-15-3-2-9(5-14(15)20)4-10-8-23-17-12(16(10)21)6-11(18)7-13(17)19/h2-3,5-7,10,20H,4,8H2,1H3. The van der Waals surface area contributed by atoms with Crippen molar-refractivity contribution in [1.29, 1.82) is 0 Å². The summed E-state index contributed by atoms with van der Waals surface area (Å²) in [7, 11) is 1.44. The lowest BCUT2D eigenvalue weighted by atomic mass is 9.89. The zero-order chi connectivity index (χ0) is 16.6. The van der Waals surface area contributed by atoms with Crippen LogP contribution in [0.3, 0.4) is 0 Å². The average Bonchev–Trinajstić information content (AvgIpc) is 2.51. The maximum atomic E-state index is 13.6. The van der Waals surface area contributed by atoms with E-state index in [2.05, 4.69) is 0 Å². The molecule has 0 spiro atoms. The Morgan fingerprint density at radius 2 is 2.09 bits per heavy atom. The second kappa shape index (κ2) is 5.87. The first-order chi connectivity index (χ1) is 11.0. The second-order valence-electron chi connectivity index (χ2n) is 5.35. The molecule has 0 aliphatic carbocycles. The largest absolute Gasteiger partial charge is 0.504 e. The lowest BCUT2D eigenvalue weighted by Gasteiger charge is -2.24. The minimum absolute atomic E-state index is 0.00117. The Bertz CT molecular complexity index is 773. The second-order valence-corrected chi connectivity index (χ2v) is 5.35. The number of methoxy groups -OCH3 is 1. The van der Waals surface area contributed by atoms with Crippen molar-refractivity contribution in [1.82, 2.24) is 0 Å². The van der Waals surface area contributed by atoms with Crippen LogP contribution in [0.25, 0.3) is 0 Å². The Morgan fingerprint density at radius 3 is 2.78 bits per heavy atom. The molecule has 3 rings (SSSR count). The lowest BCUT2D eigenvalue weighted by Crippen LogP contribution is -2.30. The van der Waals surface area contributed by atoms with Crippen molar-refractivity contribution in [3.63, 3.8) is 0 Å². The molecule has 0 bridgehead atoms. The third-order valence-corrected chi connectivity index (χ3v) is 3.80. The normalized spacial score (nSPS) is 16.7. The van der Waals surface area contributed by atoms with Crippen LogP contribution in [0.15, 0.2) is 30.3 Å². The molecular formula is C17H14F2O4. The quantitative estimate of drug-likeness (QED) is 0.944. The Kier molecular flexibility index (Phi) is 3.90. The molecule has 1 N–H and O–H groups in total. The molecule has 2 aromatic rings. The Hall–Kier alpha value is -2.63. The Balaban J connectivity index is 1.85. The van der Waals surface area contributed by atoms with Gasteiger partial charge < -0.3 is 14.6 Å². The SMILES string of the molecule is COc1ccc(CC2COc3c(F)cc(F)cc3C2=O)cc1O. The number of fused-ring (bicyclic) bond motifs is 1. The van der Waals surface area contributed by atoms with E-state index in [9.17, 15) is 18.7 Å². The number of carbonyl (C=O) groups excluding carboxylic acids is 1. The zero-order valence-corrected chi connectivity index (χ0v) is 12.3. The number of Topliss-reactive ketones (excluding diaryl/α,β-unsaturated/α-hetero) is 1. The molecule has 0 fully saturated rings. The third kappa shape index (κ3) is 2.84. The van der Waals surface area contributed by atoms with Crippen LogP contribution in [0.1, 0.15) is 15.9 Å². The summed E-state index contributed by atoms with van der Waals surface area (Å²) in [5, 5.41) is 9.78. The van der Waals surface area contributed by atoms with Crippen LogP contribution in [-0.2, 0) is 6.42 Å². The van der Waals surface area contributed by atoms with E-state index < -0.39 is 17.6 Å². The van der Waals surface area contributed by atoms with E-state index in [0.29, 0.717) is 17.4 Å². The molecule has 0 saturated carbocycles. The van der Waals surface area contributed by atoms with Gasteiger partial charge in [0.25, 0.3) is 0 Å². The van der Waals surface area contributed by atoms with Crippen LogP contribution in [0.4, 0.5) is 8.78 Å². The predicted octanol–water partition coefficient (Wildman–Crippen LogP) is 3.11. The summed E-state index contributed by atoms with van der Waals surface area (Å²) in [6.07, 6.45) is 0.286. The predicted molar refractivity (Wildman–Crippen MR) is 78.0 cm³/mol. The summed E-state index contributed by atoms with van der Waals surface area (Å²) in [5.41, 5.74) is 0.613. The van der Waals surface area contributed by atoms with Gasteiger partial charge in [-0.2, -0.15) is 0 Å². The molecular weight excluding hydrogens is 306 g/mol. The number of aromatic hydroxyl groups is 1. The van der Waals surface area contributed by atoms with E-state index in [1.54, 1.807) is 12.1 Å². The van der Waals surface area contributed by atoms with Gasteiger partial charge in [-0.25, -0.2) is 8.78 Å². The molecule has 0 aromatic heterocycles. The van der Waals surface area contributed by atoms with Gasteiger partial charge in [0.05, 0.1) is 25.2 Å². The molecule has 1 heterocycles. The summed E-state index contributed by atoms with van der Waals surface area (Å²) >= 11 is 0. The van der Waals surface area contributed by atoms with Gasteiger partial charge in [-0.05, 0) is 30.2 Å². The summed E-state index contributed by atoms with van der Waals surface area (Å²) in [6, 6.07) is 6.47. The molecule has 1 atom stereocenters. The fourth-order valence-corrected chi connectivity index (χ4v) is 2.67. The van der Waals surface area contributed by atoms with Crippen LogP contribution in [0.5, 0.6) is 17.2 Å². The number of hydrogen-bond donors (Lipinski definition) is 1. The molecule has 23 heavy (non-hydrogen) atoms. The number of halogens is 2. The van der Waals surface area contributed by atoms with Crippen LogP contribution in [-0.4, -0.2) is 24.6 Å². The molecule has 1 aliphatic heterocycles. The number of hydrogen-bond acceptors (Lipinski definition) is 4. The number of carbonyl (C=O) groups is 1. The number of benzene rings is 2. The van der Waals surface area contributed by atoms with Gasteiger partial charge in [0.15, 0.2) is 28.8 Å². The Morgan fingerprint density at radius 1 is 1.30 bits per heavy atom. The number of phenols is 1. The molecule has 6 heteroatoms. The average molecular weight is 320 g/mol. The maximum absolute atomic E-state index is 13.6. The van der Waals surface area contributed by atoms with Crippen molar-refractivity contribution in [2.24, 2.45) is 5.92 Å². The van der Waals surface area contributed by atoms with Gasteiger partial charge in [-0.15, -0.1) is 0 Å². The van der Waals surface area contributed by atoms with E-state index >= 15 is 0 Å². The number of ether oxygens (including phenoxy) is 2. The van der Waals surface area contributed by atoms with E-state index in [4.69, 9.17) is 9.47 Å². The number of phenolic OH excluding ortho intramolecular Hbond substituents is 1. The van der Waals surface area contributed by atoms with E-state index in [1.165, 1.54) is 13.2 Å². The third-order valence-electron chi connectivity index (χ3n) is 3.80. The van der Waals surface area contributed by atoms with Crippen molar-refractivity contribution in [2.75, 3.05) is 13.7 Å². The van der Waals surface area contributed by atoms with Gasteiger partial charge >= 0.3 is 0 Å². The highest BCUT2D eigenvalue weighted by atomic mass is 19.1. The van der Waals surface area contributed by atoms with Crippen LogP contribution in [0, 0.1) is 17.6 Å². The van der Waals surface area contributed by atoms with Crippen molar-refractivity contribution >= 4 is 5.78 Å². The first-order valence-corrected chi connectivity index (χ1v) is 7.01. The first kappa shape index (κ1) is 15.3. The van der Waals surface area contributed by atoms with Crippen molar-refractivity contribution in [3.8, 4) is 17.2 Å². The molecule has 1 unspecified atom stereocenters. The van der Waals surface area contributed by atoms with Crippen molar-refractivity contribution < 1.29 is 28.2 Å². The minimum atomic E-state index is -0.881. The molecule has 0 amide bonds. The van der Waals surface area contributed by atoms with Gasteiger partial charge in [0.2, 0.25) is 0 Å². The number of rotatable bonds is 3. The monoisotopic (exact) mass is 320 g/mol. The Labute approximate surface area is 131 Å². The summed E-state index contributed by atoms with van der Waals surface area (Å²) in [6.45, 7) is 0.00117. The van der Waals surface area contributed by atoms with Crippen LogP contribution >= 0.6 is 0 Å². The van der Waals surface area contributed by atoms with Gasteiger partial charge in [-0.3, -0.25) is 4.79 Å². The first-order valence-electron chi connectivity index (χ1n) is 7.01. The highest BCUT2D eigenvalue weighted by Crippen LogP contribution is 2.33. The summed E-state index contributed by atoms with van der Waals surface area (Å²) in [4.78, 5) is 12.4. The molecule has 4 nitrogen and oxygen atoms in total. The fourth-order valence-electron chi connectivity index (χ4n) is 2.67. The van der Waals surface area contributed by atoms with Gasteiger partial charge in [0, 0.05) is 6.07 Å². The van der Waals surface area contributed by atoms with E-state index in [1.807, 2.05) is 0 Å². The molecule has 120 valence electrons. The van der Waals surface area contributed by atoms with Gasteiger partial charge in [0.1, 0.15) is 5.82 Å². The van der Waals surface area contributed by atoms with Crippen molar-refractivity contribution in [2.45, 2.75) is 6.42 Å². The molecule has 2 aromatic carbocycles. The van der Waals surface area contributed by atoms with Crippen LogP contribution < -0.4 is 9.47 Å². The van der Waals surface area contributed by atoms with Crippen LogP contribution in [0.2, 0.25) is 0 Å². The van der Waals surface area contributed by atoms with E-state index in [0.717, 1.165) is 6.07 Å².